The van der Waals surface area contributed by atoms with Crippen LogP contribution in [0.4, 0.5) is 5.69 Å². The number of carbonyl (C=O) groups is 1. The fraction of sp³-hybridized carbons (Fsp3) is 0.462. The third-order valence-corrected chi connectivity index (χ3v) is 3.00. The lowest BCUT2D eigenvalue weighted by atomic mass is 10.1. The maximum atomic E-state index is 10.8. The van der Waals surface area contributed by atoms with Gasteiger partial charge >= 0.3 is 5.97 Å². The molecule has 92 valence electrons. The van der Waals surface area contributed by atoms with Crippen LogP contribution in [0.1, 0.15) is 13.3 Å². The van der Waals surface area contributed by atoms with E-state index in [1.165, 1.54) is 0 Å². The average Bonchev–Trinajstić information content (AvgIpc) is 2.28. The Hall–Kier alpha value is -1.55. The number of rotatable bonds is 3. The van der Waals surface area contributed by atoms with E-state index in [4.69, 9.17) is 5.11 Å². The first-order valence-corrected chi connectivity index (χ1v) is 5.93. The van der Waals surface area contributed by atoms with Gasteiger partial charge in [-0.25, -0.2) is 0 Å². The van der Waals surface area contributed by atoms with Gasteiger partial charge in [0.15, 0.2) is 0 Å². The van der Waals surface area contributed by atoms with E-state index in [2.05, 4.69) is 29.3 Å². The van der Waals surface area contributed by atoms with E-state index in [1.807, 2.05) is 18.2 Å². The second-order valence-corrected chi connectivity index (χ2v) is 4.60. The van der Waals surface area contributed by atoms with Crippen molar-refractivity contribution in [3.8, 4) is 0 Å². The Morgan fingerprint density at radius 1 is 1.41 bits per heavy atom. The smallest absolute Gasteiger partial charge is 0.304 e. The van der Waals surface area contributed by atoms with Gasteiger partial charge in [-0.15, -0.1) is 0 Å². The molecule has 2 unspecified atom stereocenters. The number of nitrogens with one attached hydrogen (secondary N) is 1. The van der Waals surface area contributed by atoms with Gasteiger partial charge in [0.05, 0.1) is 6.42 Å². The molecule has 1 heterocycles. The van der Waals surface area contributed by atoms with Gasteiger partial charge in [-0.05, 0) is 19.1 Å². The van der Waals surface area contributed by atoms with Crippen LogP contribution >= 0.6 is 0 Å². The zero-order chi connectivity index (χ0) is 12.3. The molecule has 0 spiro atoms. The van der Waals surface area contributed by atoms with Crippen molar-refractivity contribution in [2.24, 2.45) is 0 Å². The third kappa shape index (κ3) is 3.20. The van der Waals surface area contributed by atoms with Crippen molar-refractivity contribution in [2.45, 2.75) is 25.4 Å². The van der Waals surface area contributed by atoms with Crippen LogP contribution in [0.25, 0.3) is 0 Å². The van der Waals surface area contributed by atoms with Crippen LogP contribution in [-0.2, 0) is 4.79 Å². The molecule has 2 atom stereocenters. The summed E-state index contributed by atoms with van der Waals surface area (Å²) in [6.45, 7) is 3.75. The number of carboxylic acid groups (broad SMARTS) is 1. The maximum Gasteiger partial charge on any atom is 0.304 e. The SMILES string of the molecule is CC1CN(c2ccccc2)CC(CC(=O)O)N1. The van der Waals surface area contributed by atoms with Crippen molar-refractivity contribution in [3.63, 3.8) is 0 Å². The number of carboxylic acids is 1. The van der Waals surface area contributed by atoms with E-state index in [-0.39, 0.29) is 12.5 Å². The first-order valence-electron chi connectivity index (χ1n) is 5.93. The first kappa shape index (κ1) is 11.9. The molecule has 1 saturated heterocycles. The fourth-order valence-corrected chi connectivity index (χ4v) is 2.36. The summed E-state index contributed by atoms with van der Waals surface area (Å²) in [7, 11) is 0. The molecule has 2 rings (SSSR count). The summed E-state index contributed by atoms with van der Waals surface area (Å²) in [5.41, 5.74) is 1.16. The highest BCUT2D eigenvalue weighted by Crippen LogP contribution is 2.17. The van der Waals surface area contributed by atoms with Crippen LogP contribution in [-0.4, -0.2) is 36.2 Å². The van der Waals surface area contributed by atoms with Crippen LogP contribution in [0, 0.1) is 0 Å². The van der Waals surface area contributed by atoms with E-state index in [0.717, 1.165) is 18.8 Å². The molecule has 1 aliphatic heterocycles. The summed E-state index contributed by atoms with van der Waals surface area (Å²) < 4.78 is 0. The van der Waals surface area contributed by atoms with Crippen molar-refractivity contribution in [3.05, 3.63) is 30.3 Å². The Balaban J connectivity index is 2.06. The largest absolute Gasteiger partial charge is 0.481 e. The van der Waals surface area contributed by atoms with Gasteiger partial charge in [0.1, 0.15) is 0 Å². The number of aliphatic carboxylic acids is 1. The van der Waals surface area contributed by atoms with E-state index < -0.39 is 5.97 Å². The van der Waals surface area contributed by atoms with E-state index in [1.54, 1.807) is 0 Å². The lowest BCUT2D eigenvalue weighted by Gasteiger charge is -2.38. The molecule has 2 N–H and O–H groups in total. The van der Waals surface area contributed by atoms with Crippen LogP contribution in [0.3, 0.4) is 0 Å². The molecule has 0 saturated carbocycles. The summed E-state index contributed by atoms with van der Waals surface area (Å²) >= 11 is 0. The first-order chi connectivity index (χ1) is 8.15. The van der Waals surface area contributed by atoms with Crippen LogP contribution in [0.2, 0.25) is 0 Å². The second kappa shape index (κ2) is 5.19. The number of para-hydroxylation sites is 1. The zero-order valence-electron chi connectivity index (χ0n) is 9.97. The van der Waals surface area contributed by atoms with Gasteiger partial charge < -0.3 is 15.3 Å². The molecule has 0 aromatic heterocycles. The van der Waals surface area contributed by atoms with Crippen molar-refractivity contribution in [2.75, 3.05) is 18.0 Å². The molecule has 1 aliphatic rings. The standard InChI is InChI=1S/C13H18N2O2/c1-10-8-15(12-5-3-2-4-6-12)9-11(14-10)7-13(16)17/h2-6,10-11,14H,7-9H2,1H3,(H,16,17). The molecule has 17 heavy (non-hydrogen) atoms. The number of hydrogen-bond acceptors (Lipinski definition) is 3. The Kier molecular flexibility index (Phi) is 3.64. The Labute approximate surface area is 101 Å². The Morgan fingerprint density at radius 2 is 2.12 bits per heavy atom. The van der Waals surface area contributed by atoms with E-state index in [9.17, 15) is 4.79 Å². The van der Waals surface area contributed by atoms with Crippen molar-refractivity contribution in [1.82, 2.24) is 5.32 Å². The summed E-state index contributed by atoms with van der Waals surface area (Å²) in [5.74, 6) is -0.746. The zero-order valence-corrected chi connectivity index (χ0v) is 9.97. The lowest BCUT2D eigenvalue weighted by molar-refractivity contribution is -0.137. The molecule has 1 fully saturated rings. The minimum absolute atomic E-state index is 0.0245. The number of hydrogen-bond donors (Lipinski definition) is 2. The summed E-state index contributed by atoms with van der Waals surface area (Å²) in [4.78, 5) is 13.0. The van der Waals surface area contributed by atoms with Crippen molar-refractivity contribution >= 4 is 11.7 Å². The number of piperazine rings is 1. The van der Waals surface area contributed by atoms with Gasteiger partial charge in [-0.2, -0.15) is 0 Å². The highest BCUT2D eigenvalue weighted by atomic mass is 16.4. The number of nitrogens with zero attached hydrogens (tertiary/aromatic N) is 1. The van der Waals surface area contributed by atoms with Gasteiger partial charge in [0.2, 0.25) is 0 Å². The molecule has 0 bridgehead atoms. The van der Waals surface area contributed by atoms with Crippen LogP contribution in [0.5, 0.6) is 0 Å². The van der Waals surface area contributed by atoms with Gasteiger partial charge in [-0.1, -0.05) is 18.2 Å². The van der Waals surface area contributed by atoms with E-state index in [0.29, 0.717) is 6.04 Å². The minimum atomic E-state index is -0.746. The predicted molar refractivity (Wildman–Crippen MR) is 67.3 cm³/mol. The number of benzene rings is 1. The van der Waals surface area contributed by atoms with Gasteiger partial charge in [-0.3, -0.25) is 4.79 Å². The second-order valence-electron chi connectivity index (χ2n) is 4.60. The Bertz CT molecular complexity index is 380. The quantitative estimate of drug-likeness (QED) is 0.828. The molecule has 4 nitrogen and oxygen atoms in total. The summed E-state index contributed by atoms with van der Waals surface area (Å²) in [6.07, 6.45) is 0.174. The molecule has 0 aliphatic carbocycles. The molecular weight excluding hydrogens is 216 g/mol. The van der Waals surface area contributed by atoms with Crippen molar-refractivity contribution in [1.29, 1.82) is 0 Å². The number of anilines is 1. The Morgan fingerprint density at radius 3 is 2.76 bits per heavy atom. The lowest BCUT2D eigenvalue weighted by Crippen LogP contribution is -2.56. The maximum absolute atomic E-state index is 10.8. The monoisotopic (exact) mass is 234 g/mol. The highest BCUT2D eigenvalue weighted by molar-refractivity contribution is 5.67. The third-order valence-electron chi connectivity index (χ3n) is 3.00. The highest BCUT2D eigenvalue weighted by Gasteiger charge is 2.25. The van der Waals surface area contributed by atoms with Crippen molar-refractivity contribution < 1.29 is 9.90 Å². The minimum Gasteiger partial charge on any atom is -0.481 e. The topological polar surface area (TPSA) is 52.6 Å². The molecular formula is C13H18N2O2. The summed E-state index contributed by atoms with van der Waals surface area (Å²) in [6, 6.07) is 10.5. The van der Waals surface area contributed by atoms with E-state index >= 15 is 0 Å². The molecule has 1 aromatic rings. The molecule has 1 aromatic carbocycles. The van der Waals surface area contributed by atoms with Gasteiger partial charge in [0, 0.05) is 30.9 Å². The normalized spacial score (nSPS) is 24.6. The molecule has 0 radical (unpaired) electrons. The molecule has 0 amide bonds. The average molecular weight is 234 g/mol. The molecule has 4 heteroatoms. The summed E-state index contributed by atoms with van der Waals surface area (Å²) in [5, 5.41) is 12.2. The van der Waals surface area contributed by atoms with Crippen LogP contribution in [0.15, 0.2) is 30.3 Å². The fourth-order valence-electron chi connectivity index (χ4n) is 2.36. The van der Waals surface area contributed by atoms with Crippen LogP contribution < -0.4 is 10.2 Å². The predicted octanol–water partition coefficient (Wildman–Crippen LogP) is 1.33. The van der Waals surface area contributed by atoms with Gasteiger partial charge in [0.25, 0.3) is 0 Å².